The van der Waals surface area contributed by atoms with E-state index in [0.717, 1.165) is 16.6 Å². The van der Waals surface area contributed by atoms with Crippen molar-refractivity contribution in [2.75, 3.05) is 0 Å². The molecule has 0 aliphatic rings. The zero-order valence-corrected chi connectivity index (χ0v) is 15.1. The lowest BCUT2D eigenvalue weighted by molar-refractivity contribution is 0.743. The lowest BCUT2D eigenvalue weighted by Crippen LogP contribution is -2.21. The van der Waals surface area contributed by atoms with Gasteiger partial charge in [0.15, 0.2) is 11.3 Å². The lowest BCUT2D eigenvalue weighted by Gasteiger charge is -2.06. The van der Waals surface area contributed by atoms with Crippen molar-refractivity contribution in [3.05, 3.63) is 89.5 Å². The molecule has 0 aliphatic carbocycles. The Morgan fingerprint density at radius 2 is 1.64 bits per heavy atom. The number of allylic oxidation sites excluding steroid dienone is 1. The van der Waals surface area contributed by atoms with Crippen LogP contribution in [0.3, 0.4) is 0 Å². The van der Waals surface area contributed by atoms with Gasteiger partial charge in [0.05, 0.1) is 17.6 Å². The molecule has 0 radical (unpaired) electrons. The molecule has 0 saturated heterocycles. The summed E-state index contributed by atoms with van der Waals surface area (Å²) in [4.78, 5) is 27.4. The monoisotopic (exact) mass is 367 g/mol. The zero-order valence-electron chi connectivity index (χ0n) is 15.1. The quantitative estimate of drug-likeness (QED) is 0.456. The van der Waals surface area contributed by atoms with Gasteiger partial charge in [0.2, 0.25) is 0 Å². The third-order valence-corrected chi connectivity index (χ3v) is 4.83. The molecule has 0 aliphatic heterocycles. The molecule has 0 fully saturated rings. The summed E-state index contributed by atoms with van der Waals surface area (Å²) in [5, 5.41) is 0.494. The summed E-state index contributed by atoms with van der Waals surface area (Å²) in [6.07, 6.45) is 3.36. The summed E-state index contributed by atoms with van der Waals surface area (Å²) in [7, 11) is 0. The van der Waals surface area contributed by atoms with Crippen LogP contribution in [-0.4, -0.2) is 24.1 Å². The van der Waals surface area contributed by atoms with Gasteiger partial charge in [0.25, 0.3) is 5.56 Å². The number of nitrogens with zero attached hydrogens (tertiary/aromatic N) is 5. The van der Waals surface area contributed by atoms with Gasteiger partial charge in [-0.25, -0.2) is 15.0 Å². The zero-order chi connectivity index (χ0) is 19.1. The maximum atomic E-state index is 13.3. The van der Waals surface area contributed by atoms with Crippen molar-refractivity contribution in [1.29, 1.82) is 0 Å². The maximum Gasteiger partial charge on any atom is 0.265 e. The number of para-hydroxylation sites is 2. The van der Waals surface area contributed by atoms with Crippen LogP contribution in [0.4, 0.5) is 0 Å². The van der Waals surface area contributed by atoms with Crippen molar-refractivity contribution in [3.63, 3.8) is 0 Å². The van der Waals surface area contributed by atoms with Crippen molar-refractivity contribution in [3.8, 4) is 0 Å². The fourth-order valence-corrected chi connectivity index (χ4v) is 3.53. The SMILES string of the molecule is C=CCn1c2nc3ccccc3nc2c2c(=O)n(Cc3ccccc3)cnc21. The Hall–Kier alpha value is -3.80. The topological polar surface area (TPSA) is 65.6 Å². The highest BCUT2D eigenvalue weighted by atomic mass is 16.1. The molecule has 3 heterocycles. The average Bonchev–Trinajstić information content (AvgIpc) is 3.03. The van der Waals surface area contributed by atoms with Crippen molar-refractivity contribution in [2.45, 2.75) is 13.1 Å². The van der Waals surface area contributed by atoms with E-state index in [2.05, 4.69) is 11.6 Å². The molecule has 6 nitrogen and oxygen atoms in total. The standard InChI is InChI=1S/C22H17N5O/c1-2-12-27-20-18(19-21(27)25-17-11-7-6-10-16(17)24-19)22(28)26(14-23-20)13-15-8-4-3-5-9-15/h2-11,14H,1,12-13H2. The number of aromatic nitrogens is 5. The first kappa shape index (κ1) is 16.4. The lowest BCUT2D eigenvalue weighted by atomic mass is 10.2. The maximum absolute atomic E-state index is 13.3. The van der Waals surface area contributed by atoms with Crippen LogP contribution in [0, 0.1) is 0 Å². The number of rotatable bonds is 4. The predicted octanol–water partition coefficient (Wildman–Crippen LogP) is 3.53. The Balaban J connectivity index is 1.83. The first-order chi connectivity index (χ1) is 13.8. The van der Waals surface area contributed by atoms with Gasteiger partial charge in [-0.1, -0.05) is 48.5 Å². The molecule has 3 aromatic heterocycles. The number of fused-ring (bicyclic) bond motifs is 4. The van der Waals surface area contributed by atoms with E-state index >= 15 is 0 Å². The Kier molecular flexibility index (Phi) is 3.76. The van der Waals surface area contributed by atoms with Crippen LogP contribution in [0.2, 0.25) is 0 Å². The van der Waals surface area contributed by atoms with Crippen LogP contribution in [0.1, 0.15) is 5.56 Å². The molecule has 0 unspecified atom stereocenters. The fourth-order valence-electron chi connectivity index (χ4n) is 3.53. The van der Waals surface area contributed by atoms with Crippen LogP contribution in [0.5, 0.6) is 0 Å². The summed E-state index contributed by atoms with van der Waals surface area (Å²) >= 11 is 0. The van der Waals surface area contributed by atoms with E-state index in [9.17, 15) is 4.79 Å². The first-order valence-electron chi connectivity index (χ1n) is 9.05. The smallest absolute Gasteiger partial charge is 0.265 e. The van der Waals surface area contributed by atoms with E-state index in [0.29, 0.717) is 35.3 Å². The largest absolute Gasteiger partial charge is 0.305 e. The van der Waals surface area contributed by atoms with Crippen LogP contribution >= 0.6 is 0 Å². The molecule has 0 atom stereocenters. The van der Waals surface area contributed by atoms with Crippen molar-refractivity contribution < 1.29 is 0 Å². The summed E-state index contributed by atoms with van der Waals surface area (Å²) in [5.74, 6) is 0. The van der Waals surface area contributed by atoms with Gasteiger partial charge in [-0.05, 0) is 17.7 Å². The van der Waals surface area contributed by atoms with Crippen LogP contribution in [0.15, 0.2) is 78.4 Å². The number of hydrogen-bond acceptors (Lipinski definition) is 4. The summed E-state index contributed by atoms with van der Waals surface area (Å²) in [5.41, 5.74) is 4.27. The minimum absolute atomic E-state index is 0.119. The van der Waals surface area contributed by atoms with Gasteiger partial charge >= 0.3 is 0 Å². The Bertz CT molecular complexity index is 1400. The molecule has 6 heteroatoms. The van der Waals surface area contributed by atoms with E-state index in [-0.39, 0.29) is 5.56 Å². The Labute approximate surface area is 160 Å². The first-order valence-corrected chi connectivity index (χ1v) is 9.05. The fraction of sp³-hybridized carbons (Fsp3) is 0.0909. The third kappa shape index (κ3) is 2.50. The van der Waals surface area contributed by atoms with Crippen molar-refractivity contribution in [1.82, 2.24) is 24.1 Å². The molecule has 136 valence electrons. The highest BCUT2D eigenvalue weighted by Crippen LogP contribution is 2.24. The molecule has 28 heavy (non-hydrogen) atoms. The molecule has 0 spiro atoms. The average molecular weight is 367 g/mol. The van der Waals surface area contributed by atoms with Gasteiger partial charge in [-0.2, -0.15) is 0 Å². The second-order valence-electron chi connectivity index (χ2n) is 6.65. The molecule has 0 saturated carbocycles. The summed E-state index contributed by atoms with van der Waals surface area (Å²) in [6.45, 7) is 4.79. The van der Waals surface area contributed by atoms with Gasteiger partial charge in [0, 0.05) is 6.54 Å². The minimum atomic E-state index is -0.119. The summed E-state index contributed by atoms with van der Waals surface area (Å²) < 4.78 is 3.51. The molecular weight excluding hydrogens is 350 g/mol. The van der Waals surface area contributed by atoms with Crippen molar-refractivity contribution >= 4 is 33.2 Å². The molecular formula is C22H17N5O. The Morgan fingerprint density at radius 3 is 2.39 bits per heavy atom. The van der Waals surface area contributed by atoms with E-state index in [1.807, 2.05) is 59.2 Å². The Morgan fingerprint density at radius 1 is 0.929 bits per heavy atom. The second kappa shape index (κ2) is 6.42. The van der Waals surface area contributed by atoms with Crippen LogP contribution in [-0.2, 0) is 13.1 Å². The molecule has 2 aromatic carbocycles. The highest BCUT2D eigenvalue weighted by molar-refractivity contribution is 6.04. The minimum Gasteiger partial charge on any atom is -0.305 e. The van der Waals surface area contributed by atoms with E-state index in [4.69, 9.17) is 9.97 Å². The van der Waals surface area contributed by atoms with E-state index in [1.165, 1.54) is 0 Å². The molecule has 0 bridgehead atoms. The predicted molar refractivity (Wildman–Crippen MR) is 110 cm³/mol. The second-order valence-corrected chi connectivity index (χ2v) is 6.65. The number of hydrogen-bond donors (Lipinski definition) is 0. The van der Waals surface area contributed by atoms with Gasteiger partial charge in [-0.3, -0.25) is 9.36 Å². The molecule has 0 amide bonds. The van der Waals surface area contributed by atoms with Crippen LogP contribution in [0.25, 0.3) is 33.2 Å². The molecule has 5 aromatic rings. The van der Waals surface area contributed by atoms with Crippen LogP contribution < -0.4 is 5.56 Å². The van der Waals surface area contributed by atoms with Crippen molar-refractivity contribution in [2.24, 2.45) is 0 Å². The van der Waals surface area contributed by atoms with Gasteiger partial charge in [-0.15, -0.1) is 6.58 Å². The molecule has 5 rings (SSSR count). The summed E-state index contributed by atoms with van der Waals surface area (Å²) in [6, 6.07) is 17.5. The van der Waals surface area contributed by atoms with Gasteiger partial charge in [0.1, 0.15) is 17.2 Å². The highest BCUT2D eigenvalue weighted by Gasteiger charge is 2.19. The number of benzene rings is 2. The molecule has 0 N–H and O–H groups in total. The van der Waals surface area contributed by atoms with E-state index < -0.39 is 0 Å². The normalized spacial score (nSPS) is 11.4. The third-order valence-electron chi connectivity index (χ3n) is 4.83. The van der Waals surface area contributed by atoms with E-state index in [1.54, 1.807) is 17.0 Å². The van der Waals surface area contributed by atoms with Gasteiger partial charge < -0.3 is 4.57 Å².